The van der Waals surface area contributed by atoms with Gasteiger partial charge in [0, 0.05) is 12.2 Å². The topological polar surface area (TPSA) is 67.2 Å². The smallest absolute Gasteiger partial charge is 0.244 e. The number of nitrogens with one attached hydrogen (secondary N) is 1. The summed E-state index contributed by atoms with van der Waals surface area (Å²) in [4.78, 5) is 12.2. The van der Waals surface area contributed by atoms with E-state index in [-0.39, 0.29) is 23.5 Å². The van der Waals surface area contributed by atoms with Crippen LogP contribution in [0.25, 0.3) is 0 Å². The van der Waals surface area contributed by atoms with E-state index >= 15 is 0 Å². The van der Waals surface area contributed by atoms with Crippen LogP contribution in [-0.2, 0) is 4.79 Å². The second kappa shape index (κ2) is 6.39. The van der Waals surface area contributed by atoms with Crippen LogP contribution in [0.3, 0.4) is 0 Å². The Morgan fingerprint density at radius 1 is 1.45 bits per heavy atom. The summed E-state index contributed by atoms with van der Waals surface area (Å²) in [6.07, 6.45) is 0.289. The predicted octanol–water partition coefficient (Wildman–Crippen LogP) is 1.97. The van der Waals surface area contributed by atoms with Gasteiger partial charge in [0.05, 0.1) is 11.8 Å². The Morgan fingerprint density at radius 3 is 2.50 bits per heavy atom. The zero-order chi connectivity index (χ0) is 15.5. The lowest BCUT2D eigenvalue weighted by molar-refractivity contribution is -0.124. The minimum Gasteiger partial charge on any atom is -0.393 e. The molecule has 0 saturated heterocycles. The van der Waals surface area contributed by atoms with E-state index in [9.17, 15) is 9.90 Å². The third-order valence-electron chi connectivity index (χ3n) is 3.38. The second-order valence-corrected chi connectivity index (χ2v) is 6.48. The van der Waals surface area contributed by atoms with E-state index in [1.54, 1.807) is 11.6 Å². The van der Waals surface area contributed by atoms with Crippen molar-refractivity contribution in [2.45, 2.75) is 60.1 Å². The molecule has 20 heavy (non-hydrogen) atoms. The maximum absolute atomic E-state index is 12.2. The van der Waals surface area contributed by atoms with Crippen molar-refractivity contribution in [2.75, 3.05) is 6.54 Å². The first-order valence-corrected chi connectivity index (χ1v) is 7.11. The van der Waals surface area contributed by atoms with Gasteiger partial charge >= 0.3 is 0 Å². The summed E-state index contributed by atoms with van der Waals surface area (Å²) in [6.45, 7) is 12.1. The van der Waals surface area contributed by atoms with Gasteiger partial charge in [-0.3, -0.25) is 9.48 Å². The van der Waals surface area contributed by atoms with Crippen LogP contribution >= 0.6 is 0 Å². The van der Waals surface area contributed by atoms with Crippen molar-refractivity contribution in [1.82, 2.24) is 15.1 Å². The van der Waals surface area contributed by atoms with Gasteiger partial charge in [-0.25, -0.2) is 0 Å². The van der Waals surface area contributed by atoms with Gasteiger partial charge in [-0.15, -0.1) is 0 Å². The number of aliphatic hydroxyl groups is 1. The number of carbonyl (C=O) groups excluding carboxylic acids is 1. The van der Waals surface area contributed by atoms with Gasteiger partial charge in [0.15, 0.2) is 0 Å². The molecule has 1 heterocycles. The van der Waals surface area contributed by atoms with E-state index in [1.807, 2.05) is 40.7 Å². The molecular weight excluding hydrogens is 254 g/mol. The molecule has 0 aliphatic heterocycles. The molecule has 5 nitrogen and oxygen atoms in total. The Morgan fingerprint density at radius 2 is 2.05 bits per heavy atom. The molecule has 0 bridgehead atoms. The summed E-state index contributed by atoms with van der Waals surface area (Å²) in [5.74, 6) is -0.0464. The molecule has 0 aliphatic rings. The highest BCUT2D eigenvalue weighted by Gasteiger charge is 2.23. The number of aryl methyl sites for hydroxylation is 2. The average molecular weight is 281 g/mol. The van der Waals surface area contributed by atoms with Gasteiger partial charge in [-0.1, -0.05) is 13.8 Å². The first-order chi connectivity index (χ1) is 9.12. The fourth-order valence-corrected chi connectivity index (χ4v) is 2.50. The Kier molecular flexibility index (Phi) is 5.34. The number of aliphatic hydroxyl groups excluding tert-OH is 1. The Balaban J connectivity index is 2.61. The lowest BCUT2D eigenvalue weighted by Gasteiger charge is -2.27. The maximum atomic E-state index is 12.2. The van der Waals surface area contributed by atoms with E-state index in [2.05, 4.69) is 10.4 Å². The predicted molar refractivity (Wildman–Crippen MR) is 79.5 cm³/mol. The lowest BCUT2D eigenvalue weighted by Crippen LogP contribution is -2.39. The molecule has 2 unspecified atom stereocenters. The molecule has 0 aliphatic carbocycles. The monoisotopic (exact) mass is 281 g/mol. The SMILES string of the molecule is Cc1cc(C)n(C(C)C(=O)NCC(C)(C)CC(C)O)n1. The molecule has 0 fully saturated rings. The number of hydrogen-bond acceptors (Lipinski definition) is 3. The molecule has 2 atom stereocenters. The van der Waals surface area contributed by atoms with Crippen molar-refractivity contribution in [2.24, 2.45) is 5.41 Å². The first-order valence-electron chi connectivity index (χ1n) is 7.11. The lowest BCUT2D eigenvalue weighted by atomic mass is 9.87. The van der Waals surface area contributed by atoms with Gasteiger partial charge in [-0.2, -0.15) is 5.10 Å². The standard InChI is InChI=1S/C15H27N3O2/c1-10-7-11(2)18(17-10)13(4)14(20)16-9-15(5,6)8-12(3)19/h7,12-13,19H,8-9H2,1-6H3,(H,16,20). The van der Waals surface area contributed by atoms with Crippen LogP contribution in [0, 0.1) is 19.3 Å². The number of rotatable bonds is 6. The molecule has 5 heteroatoms. The van der Waals surface area contributed by atoms with Crippen molar-refractivity contribution in [3.8, 4) is 0 Å². The quantitative estimate of drug-likeness (QED) is 0.838. The third kappa shape index (κ3) is 4.63. The molecule has 1 aromatic heterocycles. The van der Waals surface area contributed by atoms with E-state index in [1.165, 1.54) is 0 Å². The van der Waals surface area contributed by atoms with Crippen LogP contribution in [0.4, 0.5) is 0 Å². The normalized spacial score (nSPS) is 14.9. The largest absolute Gasteiger partial charge is 0.393 e. The van der Waals surface area contributed by atoms with E-state index in [4.69, 9.17) is 0 Å². The molecule has 0 spiro atoms. The second-order valence-electron chi connectivity index (χ2n) is 6.48. The fraction of sp³-hybridized carbons (Fsp3) is 0.733. The summed E-state index contributed by atoms with van der Waals surface area (Å²) in [5, 5.41) is 16.7. The summed E-state index contributed by atoms with van der Waals surface area (Å²) >= 11 is 0. The van der Waals surface area contributed by atoms with E-state index < -0.39 is 0 Å². The summed E-state index contributed by atoms with van der Waals surface area (Å²) < 4.78 is 1.74. The molecule has 1 rings (SSSR count). The number of hydrogen-bond donors (Lipinski definition) is 2. The van der Waals surface area contributed by atoms with Gasteiger partial charge in [0.2, 0.25) is 5.91 Å². The Bertz CT molecular complexity index is 464. The number of amides is 1. The van der Waals surface area contributed by atoms with E-state index in [0.29, 0.717) is 13.0 Å². The highest BCUT2D eigenvalue weighted by molar-refractivity contribution is 5.79. The van der Waals surface area contributed by atoms with Gasteiger partial charge in [0.1, 0.15) is 6.04 Å². The average Bonchev–Trinajstić information content (AvgIpc) is 2.63. The van der Waals surface area contributed by atoms with Crippen LogP contribution in [0.1, 0.15) is 51.5 Å². The van der Waals surface area contributed by atoms with Gasteiger partial charge in [-0.05, 0) is 45.6 Å². The van der Waals surface area contributed by atoms with Crippen LogP contribution in [0.2, 0.25) is 0 Å². The van der Waals surface area contributed by atoms with Crippen LogP contribution in [-0.4, -0.2) is 33.4 Å². The zero-order valence-corrected chi connectivity index (χ0v) is 13.4. The van der Waals surface area contributed by atoms with Crippen molar-refractivity contribution in [3.05, 3.63) is 17.5 Å². The molecule has 114 valence electrons. The van der Waals surface area contributed by atoms with Crippen molar-refractivity contribution in [3.63, 3.8) is 0 Å². The van der Waals surface area contributed by atoms with Crippen LogP contribution < -0.4 is 5.32 Å². The Labute approximate surface area is 121 Å². The molecule has 1 aromatic rings. The summed E-state index contributed by atoms with van der Waals surface area (Å²) in [5.41, 5.74) is 1.77. The number of nitrogens with zero attached hydrogens (tertiary/aromatic N) is 2. The number of carbonyl (C=O) groups is 1. The van der Waals surface area contributed by atoms with Crippen molar-refractivity contribution < 1.29 is 9.90 Å². The molecule has 1 amide bonds. The molecule has 0 aromatic carbocycles. The summed E-state index contributed by atoms with van der Waals surface area (Å²) in [6, 6.07) is 1.63. The number of aromatic nitrogens is 2. The van der Waals surface area contributed by atoms with Crippen LogP contribution in [0.5, 0.6) is 0 Å². The minimum absolute atomic E-state index is 0.0464. The summed E-state index contributed by atoms with van der Waals surface area (Å²) in [7, 11) is 0. The Hall–Kier alpha value is -1.36. The van der Waals surface area contributed by atoms with Crippen LogP contribution in [0.15, 0.2) is 6.07 Å². The van der Waals surface area contributed by atoms with Crippen molar-refractivity contribution in [1.29, 1.82) is 0 Å². The fourth-order valence-electron chi connectivity index (χ4n) is 2.50. The molecule has 2 N–H and O–H groups in total. The van der Waals surface area contributed by atoms with Gasteiger partial charge in [0.25, 0.3) is 0 Å². The maximum Gasteiger partial charge on any atom is 0.244 e. The third-order valence-corrected chi connectivity index (χ3v) is 3.38. The first kappa shape index (κ1) is 16.7. The van der Waals surface area contributed by atoms with E-state index in [0.717, 1.165) is 11.4 Å². The molecule has 0 radical (unpaired) electrons. The molecular formula is C15H27N3O2. The minimum atomic E-state index is -0.365. The highest BCUT2D eigenvalue weighted by atomic mass is 16.3. The highest BCUT2D eigenvalue weighted by Crippen LogP contribution is 2.21. The molecule has 0 saturated carbocycles. The zero-order valence-electron chi connectivity index (χ0n) is 13.4. The van der Waals surface area contributed by atoms with Gasteiger partial charge < -0.3 is 10.4 Å². The van der Waals surface area contributed by atoms with Crippen molar-refractivity contribution >= 4 is 5.91 Å².